The van der Waals surface area contributed by atoms with E-state index in [-0.39, 0.29) is 11.6 Å². The summed E-state index contributed by atoms with van der Waals surface area (Å²) < 4.78 is 39.9. The van der Waals surface area contributed by atoms with E-state index in [9.17, 15) is 13.2 Å². The Morgan fingerprint density at radius 2 is 1.67 bits per heavy atom. The number of nitrogens with one attached hydrogen (secondary N) is 1. The summed E-state index contributed by atoms with van der Waals surface area (Å²) in [4.78, 5) is 0. The molecule has 1 nitrogen and oxygen atoms in total. The van der Waals surface area contributed by atoms with E-state index < -0.39 is 17.5 Å². The normalized spacial score (nSPS) is 11.2. The molecule has 0 unspecified atom stereocenters. The fourth-order valence-electron chi connectivity index (χ4n) is 2.00. The molecule has 0 heterocycles. The van der Waals surface area contributed by atoms with Crippen LogP contribution in [0.25, 0.3) is 11.1 Å². The maximum atomic E-state index is 13.4. The van der Waals surface area contributed by atoms with Gasteiger partial charge in [0.25, 0.3) is 0 Å². The van der Waals surface area contributed by atoms with Gasteiger partial charge >= 0.3 is 0 Å². The van der Waals surface area contributed by atoms with Crippen molar-refractivity contribution in [2.24, 2.45) is 0 Å². The topological polar surface area (TPSA) is 12.0 Å². The van der Waals surface area contributed by atoms with Crippen LogP contribution in [0.3, 0.4) is 0 Å². The second-order valence-electron chi connectivity index (χ2n) is 5.09. The molecule has 0 aliphatic carbocycles. The highest BCUT2D eigenvalue weighted by Gasteiger charge is 2.14. The molecule has 0 saturated carbocycles. The highest BCUT2D eigenvalue weighted by atomic mass is 35.5. The van der Waals surface area contributed by atoms with Crippen LogP contribution in [0, 0.1) is 17.5 Å². The summed E-state index contributed by atoms with van der Waals surface area (Å²) in [6.07, 6.45) is 0. The van der Waals surface area contributed by atoms with E-state index in [0.717, 1.165) is 17.7 Å². The predicted octanol–water partition coefficient (Wildman–Crippen LogP) is 4.92. The van der Waals surface area contributed by atoms with Crippen LogP contribution in [0.4, 0.5) is 13.2 Å². The largest absolute Gasteiger partial charge is 0.310 e. The average molecular weight is 314 g/mol. The summed E-state index contributed by atoms with van der Waals surface area (Å²) in [5.41, 5.74) is 1.67. The SMILES string of the molecule is CC(C)NCc1ccc(Cl)cc1-c1cc(F)c(F)c(F)c1. The Labute approximate surface area is 126 Å². The first-order valence-electron chi connectivity index (χ1n) is 6.55. The number of rotatable bonds is 4. The molecule has 0 spiro atoms. The van der Waals surface area contributed by atoms with Crippen LogP contribution in [-0.4, -0.2) is 6.04 Å². The Hall–Kier alpha value is -1.52. The first-order chi connectivity index (χ1) is 9.88. The Morgan fingerprint density at radius 1 is 1.05 bits per heavy atom. The zero-order chi connectivity index (χ0) is 15.6. The summed E-state index contributed by atoms with van der Waals surface area (Å²) in [6.45, 7) is 4.50. The van der Waals surface area contributed by atoms with Gasteiger partial charge in [-0.05, 0) is 41.0 Å². The van der Waals surface area contributed by atoms with Crippen molar-refractivity contribution in [2.75, 3.05) is 0 Å². The highest BCUT2D eigenvalue weighted by molar-refractivity contribution is 6.30. The molecule has 0 aliphatic rings. The third kappa shape index (κ3) is 3.77. The molecule has 0 bridgehead atoms. The molecule has 0 aromatic heterocycles. The third-order valence-electron chi connectivity index (χ3n) is 3.07. The lowest BCUT2D eigenvalue weighted by Crippen LogP contribution is -2.22. The van der Waals surface area contributed by atoms with Crippen LogP contribution in [0.1, 0.15) is 19.4 Å². The highest BCUT2D eigenvalue weighted by Crippen LogP contribution is 2.29. The predicted molar refractivity (Wildman–Crippen MR) is 78.7 cm³/mol. The first kappa shape index (κ1) is 15.9. The fourth-order valence-corrected chi connectivity index (χ4v) is 2.17. The molecule has 0 saturated heterocycles. The molecule has 0 atom stereocenters. The van der Waals surface area contributed by atoms with Gasteiger partial charge in [-0.25, -0.2) is 13.2 Å². The summed E-state index contributed by atoms with van der Waals surface area (Å²) >= 11 is 5.96. The quantitative estimate of drug-likeness (QED) is 0.790. The van der Waals surface area contributed by atoms with E-state index in [0.29, 0.717) is 17.1 Å². The Bertz CT molecular complexity index is 633. The minimum absolute atomic E-state index is 0.259. The molecular formula is C16H15ClF3N. The number of benzene rings is 2. The van der Waals surface area contributed by atoms with E-state index in [1.54, 1.807) is 18.2 Å². The van der Waals surface area contributed by atoms with Crippen LogP contribution in [0.2, 0.25) is 5.02 Å². The van der Waals surface area contributed by atoms with Crippen molar-refractivity contribution in [3.05, 3.63) is 58.4 Å². The second kappa shape index (κ2) is 6.50. The second-order valence-corrected chi connectivity index (χ2v) is 5.53. The zero-order valence-electron chi connectivity index (χ0n) is 11.7. The van der Waals surface area contributed by atoms with E-state index in [2.05, 4.69) is 5.32 Å². The van der Waals surface area contributed by atoms with Gasteiger partial charge in [0.2, 0.25) is 0 Å². The van der Waals surface area contributed by atoms with Crippen molar-refractivity contribution in [2.45, 2.75) is 26.4 Å². The number of hydrogen-bond acceptors (Lipinski definition) is 1. The lowest BCUT2D eigenvalue weighted by molar-refractivity contribution is 0.447. The van der Waals surface area contributed by atoms with Gasteiger partial charge in [0.1, 0.15) is 0 Å². The van der Waals surface area contributed by atoms with E-state index in [1.165, 1.54) is 0 Å². The monoisotopic (exact) mass is 313 g/mol. The van der Waals surface area contributed by atoms with Crippen LogP contribution in [0.15, 0.2) is 30.3 Å². The number of halogens is 4. The van der Waals surface area contributed by atoms with Gasteiger partial charge < -0.3 is 5.32 Å². The van der Waals surface area contributed by atoms with Crippen molar-refractivity contribution in [1.29, 1.82) is 0 Å². The number of hydrogen-bond donors (Lipinski definition) is 1. The summed E-state index contributed by atoms with van der Waals surface area (Å²) in [7, 11) is 0. The maximum absolute atomic E-state index is 13.4. The van der Waals surface area contributed by atoms with Gasteiger partial charge in [0, 0.05) is 17.6 Å². The zero-order valence-corrected chi connectivity index (χ0v) is 12.4. The molecular weight excluding hydrogens is 299 g/mol. The average Bonchev–Trinajstić information content (AvgIpc) is 2.42. The molecule has 21 heavy (non-hydrogen) atoms. The standard InChI is InChI=1S/C16H15ClF3N/c1-9(2)21-8-10-3-4-12(17)7-13(10)11-5-14(18)16(20)15(19)6-11/h3-7,9,21H,8H2,1-2H3. The fraction of sp³-hybridized carbons (Fsp3) is 0.250. The molecule has 2 rings (SSSR count). The first-order valence-corrected chi connectivity index (χ1v) is 6.93. The summed E-state index contributed by atoms with van der Waals surface area (Å²) in [5, 5.41) is 3.67. The molecule has 2 aromatic rings. The van der Waals surface area contributed by atoms with E-state index in [4.69, 9.17) is 11.6 Å². The van der Waals surface area contributed by atoms with Crippen molar-refractivity contribution < 1.29 is 13.2 Å². The molecule has 1 N–H and O–H groups in total. The van der Waals surface area contributed by atoms with E-state index >= 15 is 0 Å². The van der Waals surface area contributed by atoms with Gasteiger partial charge in [-0.2, -0.15) is 0 Å². The van der Waals surface area contributed by atoms with Crippen LogP contribution in [-0.2, 0) is 6.54 Å². The minimum Gasteiger partial charge on any atom is -0.310 e. The molecule has 0 radical (unpaired) electrons. The molecule has 112 valence electrons. The van der Waals surface area contributed by atoms with Crippen molar-refractivity contribution in [1.82, 2.24) is 5.32 Å². The van der Waals surface area contributed by atoms with Gasteiger partial charge in [0.15, 0.2) is 17.5 Å². The minimum atomic E-state index is -1.47. The third-order valence-corrected chi connectivity index (χ3v) is 3.30. The summed E-state index contributed by atoms with van der Waals surface area (Å²) in [5.74, 6) is -3.90. The van der Waals surface area contributed by atoms with Crippen molar-refractivity contribution in [3.8, 4) is 11.1 Å². The van der Waals surface area contributed by atoms with Crippen LogP contribution < -0.4 is 5.32 Å². The lowest BCUT2D eigenvalue weighted by Gasteiger charge is -2.14. The van der Waals surface area contributed by atoms with Crippen LogP contribution in [0.5, 0.6) is 0 Å². The van der Waals surface area contributed by atoms with Crippen molar-refractivity contribution in [3.63, 3.8) is 0 Å². The molecule has 5 heteroatoms. The van der Waals surface area contributed by atoms with Crippen LogP contribution >= 0.6 is 11.6 Å². The summed E-state index contributed by atoms with van der Waals surface area (Å²) in [6, 6.07) is 7.32. The molecule has 0 fully saturated rings. The van der Waals surface area contributed by atoms with Gasteiger partial charge in [-0.15, -0.1) is 0 Å². The molecule has 2 aromatic carbocycles. The van der Waals surface area contributed by atoms with Gasteiger partial charge in [-0.3, -0.25) is 0 Å². The lowest BCUT2D eigenvalue weighted by atomic mass is 9.99. The van der Waals surface area contributed by atoms with Crippen molar-refractivity contribution >= 4 is 11.6 Å². The molecule has 0 amide bonds. The Balaban J connectivity index is 2.49. The smallest absolute Gasteiger partial charge is 0.194 e. The van der Waals surface area contributed by atoms with Gasteiger partial charge in [-0.1, -0.05) is 31.5 Å². The Morgan fingerprint density at radius 3 is 2.24 bits per heavy atom. The van der Waals surface area contributed by atoms with Gasteiger partial charge in [0.05, 0.1) is 0 Å². The molecule has 0 aliphatic heterocycles. The maximum Gasteiger partial charge on any atom is 0.194 e. The Kier molecular flexibility index (Phi) is 4.91. The van der Waals surface area contributed by atoms with E-state index in [1.807, 2.05) is 13.8 Å².